The number of hydrogen-bond acceptors (Lipinski definition) is 7. The molecule has 14 nitrogen and oxygen atoms in total. The van der Waals surface area contributed by atoms with Gasteiger partial charge < -0.3 is 44.0 Å². The van der Waals surface area contributed by atoms with Gasteiger partial charge in [0, 0.05) is 13.0 Å². The van der Waals surface area contributed by atoms with E-state index in [1.54, 1.807) is 24.3 Å². The van der Waals surface area contributed by atoms with Crippen LogP contribution in [0.25, 0.3) is 0 Å². The Balaban J connectivity index is 2.76. The van der Waals surface area contributed by atoms with Gasteiger partial charge in [-0.05, 0) is 38.2 Å². The Morgan fingerprint density at radius 3 is 2.08 bits per heavy atom. The molecule has 0 aliphatic heterocycles. The van der Waals surface area contributed by atoms with Crippen LogP contribution in [0, 0.1) is 0 Å². The lowest BCUT2D eigenvalue weighted by molar-refractivity contribution is -0.142. The molecule has 4 atom stereocenters. The highest BCUT2D eigenvalue weighted by atomic mass is 16.4. The van der Waals surface area contributed by atoms with E-state index in [0.29, 0.717) is 6.42 Å². The van der Waals surface area contributed by atoms with E-state index in [2.05, 4.69) is 20.9 Å². The monoisotopic (exact) mass is 520 g/mol. The van der Waals surface area contributed by atoms with E-state index in [0.717, 1.165) is 5.56 Å². The fourth-order valence-electron chi connectivity index (χ4n) is 3.23. The summed E-state index contributed by atoms with van der Waals surface area (Å²) < 4.78 is 0. The van der Waals surface area contributed by atoms with Gasteiger partial charge in [0.25, 0.3) is 0 Å². The molecule has 0 saturated heterocycles. The van der Waals surface area contributed by atoms with Crippen LogP contribution in [0.2, 0.25) is 0 Å². The molecule has 0 aliphatic rings. The minimum Gasteiger partial charge on any atom is -0.480 e. The van der Waals surface area contributed by atoms with Crippen molar-refractivity contribution in [1.82, 2.24) is 16.0 Å². The summed E-state index contributed by atoms with van der Waals surface area (Å²) in [7, 11) is 0. The summed E-state index contributed by atoms with van der Waals surface area (Å²) in [5.41, 5.74) is 22.4. The molecular weight excluding hydrogens is 484 g/mol. The number of carboxylic acids is 1. The highest BCUT2D eigenvalue weighted by Gasteiger charge is 2.28. The summed E-state index contributed by atoms with van der Waals surface area (Å²) in [6.07, 6.45) is 0.233. The zero-order valence-electron chi connectivity index (χ0n) is 20.7. The van der Waals surface area contributed by atoms with Gasteiger partial charge in [0.15, 0.2) is 5.96 Å². The Labute approximate surface area is 214 Å². The number of nitrogens with two attached hydrogens (primary N) is 4. The Bertz CT molecular complexity index is 967. The number of benzene rings is 1. The number of carbonyl (C=O) groups is 5. The molecule has 0 fully saturated rings. The van der Waals surface area contributed by atoms with Crippen molar-refractivity contribution in [1.29, 1.82) is 0 Å². The Morgan fingerprint density at radius 1 is 0.892 bits per heavy atom. The standard InChI is InChI=1S/C23H36N8O6/c1-13(19(33)31-17(22(36)37)8-5-11-28-23(26)27)29-21(35)16(9-10-18(25)32)30-20(34)15(24)12-14-6-3-2-4-7-14/h2-4,6-7,13,15-17H,5,8-12,24H2,1H3,(H2,25,32)(H,29,35)(H,30,34)(H,31,33)(H,36,37)(H4,26,27,28). The number of rotatable bonds is 16. The van der Waals surface area contributed by atoms with Gasteiger partial charge in [-0.25, -0.2) is 4.79 Å². The minimum atomic E-state index is -1.27. The number of primary amides is 1. The van der Waals surface area contributed by atoms with Crippen molar-refractivity contribution < 1.29 is 29.1 Å². The zero-order valence-corrected chi connectivity index (χ0v) is 20.7. The van der Waals surface area contributed by atoms with Crippen LogP contribution in [0.4, 0.5) is 0 Å². The molecule has 0 spiro atoms. The maximum absolute atomic E-state index is 12.8. The fourth-order valence-corrected chi connectivity index (χ4v) is 3.23. The molecule has 0 aromatic heterocycles. The molecular formula is C23H36N8O6. The molecule has 0 aliphatic carbocycles. The van der Waals surface area contributed by atoms with Gasteiger partial charge in [0.2, 0.25) is 23.6 Å². The lowest BCUT2D eigenvalue weighted by Gasteiger charge is -2.23. The van der Waals surface area contributed by atoms with Crippen molar-refractivity contribution in [3.05, 3.63) is 35.9 Å². The van der Waals surface area contributed by atoms with Gasteiger partial charge in [0.05, 0.1) is 6.04 Å². The number of aliphatic imine (C=N–C) groups is 1. The summed E-state index contributed by atoms with van der Waals surface area (Å²) in [6, 6.07) is 4.46. The molecule has 14 heteroatoms. The predicted molar refractivity (Wildman–Crippen MR) is 136 cm³/mol. The van der Waals surface area contributed by atoms with Gasteiger partial charge in [-0.15, -0.1) is 0 Å². The number of guanidine groups is 1. The van der Waals surface area contributed by atoms with E-state index in [1.807, 2.05) is 6.07 Å². The second-order valence-electron chi connectivity index (χ2n) is 8.44. The molecule has 4 amide bonds. The van der Waals surface area contributed by atoms with Crippen LogP contribution < -0.4 is 38.9 Å². The number of nitrogens with one attached hydrogen (secondary N) is 3. The average molecular weight is 521 g/mol. The van der Waals surface area contributed by atoms with Crippen LogP contribution in [-0.4, -0.2) is 71.4 Å². The first kappa shape index (κ1) is 30.8. The van der Waals surface area contributed by atoms with Crippen LogP contribution in [-0.2, 0) is 30.4 Å². The molecule has 0 saturated carbocycles. The average Bonchev–Trinajstić information content (AvgIpc) is 2.83. The largest absolute Gasteiger partial charge is 0.480 e. The summed E-state index contributed by atoms with van der Waals surface area (Å²) in [4.78, 5) is 64.5. The normalized spacial score (nSPS) is 13.8. The van der Waals surface area contributed by atoms with Gasteiger partial charge >= 0.3 is 5.97 Å². The van der Waals surface area contributed by atoms with Crippen LogP contribution in [0.15, 0.2) is 35.3 Å². The summed E-state index contributed by atoms with van der Waals surface area (Å²) in [6.45, 7) is 1.53. The molecule has 4 unspecified atom stereocenters. The van der Waals surface area contributed by atoms with Gasteiger partial charge in [-0.2, -0.15) is 0 Å². The number of amides is 4. The lowest BCUT2D eigenvalue weighted by atomic mass is 10.0. The summed E-state index contributed by atoms with van der Waals surface area (Å²) >= 11 is 0. The topological polar surface area (TPSA) is 258 Å². The van der Waals surface area contributed by atoms with Crippen LogP contribution in [0.5, 0.6) is 0 Å². The maximum atomic E-state index is 12.8. The lowest BCUT2D eigenvalue weighted by Crippen LogP contribution is -2.56. The minimum absolute atomic E-state index is 0.0507. The number of carbonyl (C=O) groups excluding carboxylic acids is 4. The van der Waals surface area contributed by atoms with E-state index < -0.39 is 53.8 Å². The maximum Gasteiger partial charge on any atom is 0.326 e. The number of aliphatic carboxylic acids is 1. The molecule has 0 radical (unpaired) electrons. The highest BCUT2D eigenvalue weighted by Crippen LogP contribution is 2.05. The molecule has 0 heterocycles. The van der Waals surface area contributed by atoms with Crippen molar-refractivity contribution in [2.75, 3.05) is 6.54 Å². The zero-order chi connectivity index (χ0) is 28.0. The third-order valence-electron chi connectivity index (χ3n) is 5.26. The summed E-state index contributed by atoms with van der Waals surface area (Å²) in [5, 5.41) is 16.6. The number of carboxylic acid groups (broad SMARTS) is 1. The van der Waals surface area contributed by atoms with Crippen LogP contribution >= 0.6 is 0 Å². The number of hydrogen-bond donors (Lipinski definition) is 8. The van der Waals surface area contributed by atoms with Crippen molar-refractivity contribution >= 4 is 35.6 Å². The fraction of sp³-hybridized carbons (Fsp3) is 0.478. The first-order valence-electron chi connectivity index (χ1n) is 11.7. The molecule has 204 valence electrons. The molecule has 1 aromatic carbocycles. The smallest absolute Gasteiger partial charge is 0.326 e. The summed E-state index contributed by atoms with van der Waals surface area (Å²) in [5.74, 6) is -4.23. The first-order valence-corrected chi connectivity index (χ1v) is 11.7. The Morgan fingerprint density at radius 2 is 1.51 bits per heavy atom. The predicted octanol–water partition coefficient (Wildman–Crippen LogP) is -2.57. The Kier molecular flexibility index (Phi) is 13.1. The number of nitrogens with zero attached hydrogens (tertiary/aromatic N) is 1. The van der Waals surface area contributed by atoms with Crippen LogP contribution in [0.3, 0.4) is 0 Å². The molecule has 0 bridgehead atoms. The van der Waals surface area contributed by atoms with Gasteiger partial charge in [0.1, 0.15) is 18.1 Å². The highest BCUT2D eigenvalue weighted by molar-refractivity contribution is 5.94. The van der Waals surface area contributed by atoms with Crippen LogP contribution in [0.1, 0.15) is 38.2 Å². The van der Waals surface area contributed by atoms with Crippen molar-refractivity contribution in [2.45, 2.75) is 63.2 Å². The quantitative estimate of drug-likeness (QED) is 0.0646. The van der Waals surface area contributed by atoms with Crippen molar-refractivity contribution in [3.63, 3.8) is 0 Å². The first-order chi connectivity index (χ1) is 17.4. The van der Waals surface area contributed by atoms with Gasteiger partial charge in [-0.3, -0.25) is 24.2 Å². The van der Waals surface area contributed by atoms with Gasteiger partial charge in [-0.1, -0.05) is 30.3 Å². The second kappa shape index (κ2) is 15.7. The third-order valence-corrected chi connectivity index (χ3v) is 5.26. The SMILES string of the molecule is CC(NC(=O)C(CCC(N)=O)NC(=O)C(N)Cc1ccccc1)C(=O)NC(CCCN=C(N)N)C(=O)O. The van der Waals surface area contributed by atoms with E-state index in [4.69, 9.17) is 22.9 Å². The molecule has 37 heavy (non-hydrogen) atoms. The molecule has 12 N–H and O–H groups in total. The van der Waals surface area contributed by atoms with Crippen molar-refractivity contribution in [3.8, 4) is 0 Å². The third kappa shape index (κ3) is 12.4. The van der Waals surface area contributed by atoms with E-state index in [1.165, 1.54) is 6.92 Å². The van der Waals surface area contributed by atoms with E-state index in [9.17, 15) is 29.1 Å². The van der Waals surface area contributed by atoms with Crippen molar-refractivity contribution in [2.24, 2.45) is 27.9 Å². The van der Waals surface area contributed by atoms with E-state index >= 15 is 0 Å². The molecule has 1 aromatic rings. The second-order valence-corrected chi connectivity index (χ2v) is 8.44. The molecule has 1 rings (SSSR count). The van der Waals surface area contributed by atoms with E-state index in [-0.39, 0.29) is 38.2 Å². The Hall–Kier alpha value is -4.20.